The second kappa shape index (κ2) is 5.09. The number of nitrogens with two attached hydrogens (primary N) is 1. The number of nitrogens with one attached hydrogen (secondary N) is 1. The normalized spacial score (nSPS) is 11.0. The van der Waals surface area contributed by atoms with Gasteiger partial charge in [0, 0.05) is 24.4 Å². The highest BCUT2D eigenvalue weighted by Crippen LogP contribution is 2.42. The number of halogens is 2. The first-order chi connectivity index (χ1) is 9.99. The number of H-pyrrole nitrogens is 1. The van der Waals surface area contributed by atoms with E-state index in [0.29, 0.717) is 27.0 Å². The highest BCUT2D eigenvalue weighted by molar-refractivity contribution is 6.39. The third kappa shape index (κ3) is 2.28. The van der Waals surface area contributed by atoms with Gasteiger partial charge in [-0.15, -0.1) is 0 Å². The summed E-state index contributed by atoms with van der Waals surface area (Å²) in [6.07, 6.45) is 1.90. The van der Waals surface area contributed by atoms with Crippen molar-refractivity contribution in [3.63, 3.8) is 0 Å². The zero-order valence-electron chi connectivity index (χ0n) is 11.5. The number of aryl methyl sites for hydroxylation is 2. The number of hydrogen-bond acceptors (Lipinski definition) is 3. The number of rotatable bonds is 2. The van der Waals surface area contributed by atoms with Crippen LogP contribution in [0.5, 0.6) is 0 Å². The maximum Gasteiger partial charge on any atom is 0.153 e. The number of aromatic nitrogens is 4. The van der Waals surface area contributed by atoms with Crippen molar-refractivity contribution in [3.8, 4) is 22.4 Å². The van der Waals surface area contributed by atoms with Gasteiger partial charge in [0.15, 0.2) is 5.82 Å². The molecule has 21 heavy (non-hydrogen) atoms. The second-order valence-corrected chi connectivity index (χ2v) is 5.57. The van der Waals surface area contributed by atoms with Crippen LogP contribution in [0.15, 0.2) is 24.4 Å². The maximum atomic E-state index is 6.29. The van der Waals surface area contributed by atoms with Crippen LogP contribution in [-0.4, -0.2) is 20.0 Å². The molecule has 0 bridgehead atoms. The molecule has 0 saturated carbocycles. The van der Waals surface area contributed by atoms with Gasteiger partial charge < -0.3 is 5.73 Å². The molecule has 2 heterocycles. The third-order valence-corrected chi connectivity index (χ3v) is 3.92. The summed E-state index contributed by atoms with van der Waals surface area (Å²) in [6.45, 7) is 1.92. The van der Waals surface area contributed by atoms with Crippen molar-refractivity contribution >= 4 is 29.0 Å². The predicted molar refractivity (Wildman–Crippen MR) is 85.4 cm³/mol. The predicted octanol–water partition coefficient (Wildman–Crippen LogP) is 3.67. The Hall–Kier alpha value is -1.98. The molecule has 0 amide bonds. The molecule has 1 aromatic carbocycles. The fourth-order valence-corrected chi connectivity index (χ4v) is 2.97. The average Bonchev–Trinajstić information content (AvgIpc) is 2.93. The van der Waals surface area contributed by atoms with Gasteiger partial charge in [0.05, 0.1) is 27.0 Å². The molecule has 3 N–H and O–H groups in total. The summed E-state index contributed by atoms with van der Waals surface area (Å²) in [5.41, 5.74) is 9.92. The van der Waals surface area contributed by atoms with Gasteiger partial charge in [-0.2, -0.15) is 10.2 Å². The van der Waals surface area contributed by atoms with E-state index >= 15 is 0 Å². The van der Waals surface area contributed by atoms with Crippen LogP contribution >= 0.6 is 23.2 Å². The SMILES string of the molecule is Cc1nn(C)cc1-c1[nH]nc(N)c1-c1c(Cl)cccc1Cl. The minimum atomic E-state index is 0.350. The van der Waals surface area contributed by atoms with Crippen molar-refractivity contribution in [1.29, 1.82) is 0 Å². The summed E-state index contributed by atoms with van der Waals surface area (Å²) < 4.78 is 1.74. The van der Waals surface area contributed by atoms with Crippen molar-refractivity contribution in [2.24, 2.45) is 7.05 Å². The summed E-state index contributed by atoms with van der Waals surface area (Å²) in [5, 5.41) is 12.4. The molecule has 0 fully saturated rings. The van der Waals surface area contributed by atoms with Gasteiger partial charge >= 0.3 is 0 Å². The van der Waals surface area contributed by atoms with Crippen LogP contribution in [0, 0.1) is 6.92 Å². The summed E-state index contributed by atoms with van der Waals surface area (Å²) in [7, 11) is 1.86. The molecule has 0 radical (unpaired) electrons. The monoisotopic (exact) mass is 321 g/mol. The molecule has 3 aromatic rings. The summed E-state index contributed by atoms with van der Waals surface area (Å²) in [6, 6.07) is 5.34. The molecule has 0 unspecified atom stereocenters. The standard InChI is InChI=1S/C14H13Cl2N5/c1-7-8(6-21(2)20-7)13-12(14(17)19-18-13)11-9(15)4-3-5-10(11)16/h3-6H,1-2H3,(H3,17,18,19). The molecule has 0 saturated heterocycles. The number of anilines is 1. The quantitative estimate of drug-likeness (QED) is 0.756. The lowest BCUT2D eigenvalue weighted by Crippen LogP contribution is -1.91. The number of aromatic amines is 1. The van der Waals surface area contributed by atoms with Crippen molar-refractivity contribution in [1.82, 2.24) is 20.0 Å². The van der Waals surface area contributed by atoms with E-state index in [0.717, 1.165) is 17.0 Å². The average molecular weight is 322 g/mol. The van der Waals surface area contributed by atoms with Gasteiger partial charge in [-0.3, -0.25) is 9.78 Å². The van der Waals surface area contributed by atoms with Gasteiger partial charge in [0.1, 0.15) is 0 Å². The lowest BCUT2D eigenvalue weighted by molar-refractivity contribution is 0.756. The van der Waals surface area contributed by atoms with Crippen molar-refractivity contribution in [3.05, 3.63) is 40.1 Å². The fourth-order valence-electron chi connectivity index (χ4n) is 2.39. The second-order valence-electron chi connectivity index (χ2n) is 4.76. The van der Waals surface area contributed by atoms with Crippen LogP contribution in [0.25, 0.3) is 22.4 Å². The first-order valence-corrected chi connectivity index (χ1v) is 7.03. The van der Waals surface area contributed by atoms with Crippen molar-refractivity contribution in [2.45, 2.75) is 6.92 Å². The zero-order chi connectivity index (χ0) is 15.1. The largest absolute Gasteiger partial charge is 0.382 e. The van der Waals surface area contributed by atoms with Gasteiger partial charge in [-0.05, 0) is 19.1 Å². The molecule has 0 atom stereocenters. The van der Waals surface area contributed by atoms with Gasteiger partial charge in [0.25, 0.3) is 0 Å². The van der Waals surface area contributed by atoms with Crippen LogP contribution in [0.1, 0.15) is 5.69 Å². The highest BCUT2D eigenvalue weighted by atomic mass is 35.5. The van der Waals surface area contributed by atoms with Crippen molar-refractivity contribution in [2.75, 3.05) is 5.73 Å². The Kier molecular flexibility index (Phi) is 3.39. The molecule has 5 nitrogen and oxygen atoms in total. The van der Waals surface area contributed by atoms with E-state index in [4.69, 9.17) is 28.9 Å². The van der Waals surface area contributed by atoms with E-state index < -0.39 is 0 Å². The molecular weight excluding hydrogens is 309 g/mol. The van der Waals surface area contributed by atoms with Gasteiger partial charge in [-0.1, -0.05) is 29.3 Å². The molecule has 0 aliphatic rings. The minimum Gasteiger partial charge on any atom is -0.382 e. The van der Waals surface area contributed by atoms with E-state index in [1.807, 2.05) is 20.2 Å². The molecular formula is C14H13Cl2N5. The third-order valence-electron chi connectivity index (χ3n) is 3.29. The van der Waals surface area contributed by atoms with E-state index in [1.165, 1.54) is 0 Å². The Morgan fingerprint density at radius 1 is 1.19 bits per heavy atom. The van der Waals surface area contributed by atoms with Crippen LogP contribution in [0.3, 0.4) is 0 Å². The van der Waals surface area contributed by atoms with E-state index in [2.05, 4.69) is 15.3 Å². The smallest absolute Gasteiger partial charge is 0.153 e. The Labute approximate surface area is 131 Å². The van der Waals surface area contributed by atoms with E-state index in [9.17, 15) is 0 Å². The highest BCUT2D eigenvalue weighted by Gasteiger charge is 2.21. The topological polar surface area (TPSA) is 72.5 Å². The number of hydrogen-bond donors (Lipinski definition) is 2. The van der Waals surface area contributed by atoms with Crippen LogP contribution in [-0.2, 0) is 7.05 Å². The Balaban J connectivity index is 2.30. The number of nitrogen functional groups attached to an aromatic ring is 1. The summed E-state index contributed by atoms with van der Waals surface area (Å²) in [5.74, 6) is 0.350. The van der Waals surface area contributed by atoms with E-state index in [-0.39, 0.29) is 0 Å². The van der Waals surface area contributed by atoms with Gasteiger partial charge in [-0.25, -0.2) is 0 Å². The Morgan fingerprint density at radius 2 is 1.86 bits per heavy atom. The zero-order valence-corrected chi connectivity index (χ0v) is 13.0. The molecule has 3 rings (SSSR count). The maximum absolute atomic E-state index is 6.29. The summed E-state index contributed by atoms with van der Waals surface area (Å²) in [4.78, 5) is 0. The fraction of sp³-hybridized carbons (Fsp3) is 0.143. The van der Waals surface area contributed by atoms with E-state index in [1.54, 1.807) is 22.9 Å². The molecule has 7 heteroatoms. The Bertz CT molecular complexity index is 799. The minimum absolute atomic E-state index is 0.350. The summed E-state index contributed by atoms with van der Waals surface area (Å²) >= 11 is 12.6. The molecule has 0 spiro atoms. The van der Waals surface area contributed by atoms with Crippen molar-refractivity contribution < 1.29 is 0 Å². The molecule has 0 aliphatic carbocycles. The molecule has 0 aliphatic heterocycles. The lowest BCUT2D eigenvalue weighted by atomic mass is 10.0. The molecule has 108 valence electrons. The number of nitrogens with zero attached hydrogens (tertiary/aromatic N) is 3. The van der Waals surface area contributed by atoms with Crippen LogP contribution in [0.4, 0.5) is 5.82 Å². The Morgan fingerprint density at radius 3 is 2.43 bits per heavy atom. The first-order valence-electron chi connectivity index (χ1n) is 6.28. The van der Waals surface area contributed by atoms with Crippen LogP contribution < -0.4 is 5.73 Å². The first kappa shape index (κ1) is 14.0. The van der Waals surface area contributed by atoms with Gasteiger partial charge in [0.2, 0.25) is 0 Å². The van der Waals surface area contributed by atoms with Crippen LogP contribution in [0.2, 0.25) is 10.0 Å². The molecule has 2 aromatic heterocycles. The lowest BCUT2D eigenvalue weighted by Gasteiger charge is -2.08. The number of benzene rings is 1.